The molecule has 0 aromatic heterocycles. The molecule has 1 aromatic carbocycles. The van der Waals surface area contributed by atoms with Gasteiger partial charge in [0, 0.05) is 12.8 Å². The standard InChI is InChI=1S/C17H18O/c1-2-11-17(18)15-10-5-3-4-7-12-16-13-8-6-9-14-16/h2,6-9,12-14H,1,3-5,11H2/b12-7+. The van der Waals surface area contributed by atoms with Crippen LogP contribution in [-0.2, 0) is 4.79 Å². The average molecular weight is 238 g/mol. The summed E-state index contributed by atoms with van der Waals surface area (Å²) in [6.45, 7) is 3.50. The molecule has 0 aliphatic heterocycles. The molecule has 1 aromatic rings. The van der Waals surface area contributed by atoms with Crippen LogP contribution in [0.1, 0.15) is 31.2 Å². The van der Waals surface area contributed by atoms with Gasteiger partial charge in [0.05, 0.1) is 0 Å². The molecule has 0 bridgehead atoms. The van der Waals surface area contributed by atoms with Crippen LogP contribution >= 0.6 is 0 Å². The molecule has 1 rings (SSSR count). The molecule has 0 atom stereocenters. The zero-order valence-electron chi connectivity index (χ0n) is 10.6. The quantitative estimate of drug-likeness (QED) is 0.316. The van der Waals surface area contributed by atoms with E-state index in [1.807, 2.05) is 18.2 Å². The summed E-state index contributed by atoms with van der Waals surface area (Å²) in [5.41, 5.74) is 1.21. The zero-order chi connectivity index (χ0) is 13.1. The fraction of sp³-hybridized carbons (Fsp3) is 0.235. The van der Waals surface area contributed by atoms with Crippen molar-refractivity contribution in [1.29, 1.82) is 0 Å². The number of unbranched alkanes of at least 4 members (excludes halogenated alkanes) is 2. The Morgan fingerprint density at radius 1 is 1.28 bits per heavy atom. The van der Waals surface area contributed by atoms with E-state index in [4.69, 9.17) is 0 Å². The van der Waals surface area contributed by atoms with Gasteiger partial charge in [-0.15, -0.1) is 6.58 Å². The number of Topliss-reactive ketones (excluding diaryl/α,β-unsaturated/α-hetero) is 1. The average Bonchev–Trinajstić information content (AvgIpc) is 2.39. The molecule has 18 heavy (non-hydrogen) atoms. The van der Waals surface area contributed by atoms with Crippen molar-refractivity contribution >= 4 is 11.9 Å². The Morgan fingerprint density at radius 2 is 2.06 bits per heavy atom. The zero-order valence-corrected chi connectivity index (χ0v) is 10.6. The third-order valence-corrected chi connectivity index (χ3v) is 2.34. The van der Waals surface area contributed by atoms with Gasteiger partial charge in [-0.3, -0.25) is 4.79 Å². The van der Waals surface area contributed by atoms with E-state index in [2.05, 4.69) is 42.7 Å². The minimum atomic E-state index is -0.0511. The van der Waals surface area contributed by atoms with E-state index in [9.17, 15) is 4.79 Å². The van der Waals surface area contributed by atoms with Crippen LogP contribution in [0.15, 0.2) is 49.1 Å². The third kappa shape index (κ3) is 6.50. The van der Waals surface area contributed by atoms with E-state index >= 15 is 0 Å². The molecule has 0 aliphatic rings. The molecule has 0 aliphatic carbocycles. The molecular weight excluding hydrogens is 220 g/mol. The number of ketones is 1. The van der Waals surface area contributed by atoms with Gasteiger partial charge in [-0.1, -0.05) is 54.5 Å². The highest BCUT2D eigenvalue weighted by molar-refractivity contribution is 5.96. The van der Waals surface area contributed by atoms with Crippen molar-refractivity contribution < 1.29 is 4.79 Å². The summed E-state index contributed by atoms with van der Waals surface area (Å²) in [5, 5.41) is 0. The molecule has 0 radical (unpaired) electrons. The molecule has 0 amide bonds. The molecule has 0 spiro atoms. The van der Waals surface area contributed by atoms with Gasteiger partial charge in [-0.25, -0.2) is 0 Å². The maximum absolute atomic E-state index is 11.1. The summed E-state index contributed by atoms with van der Waals surface area (Å²) >= 11 is 0. The van der Waals surface area contributed by atoms with Crippen LogP contribution in [0.5, 0.6) is 0 Å². The number of carbonyl (C=O) groups excluding carboxylic acids is 1. The Morgan fingerprint density at radius 3 is 2.78 bits per heavy atom. The van der Waals surface area contributed by atoms with E-state index in [1.54, 1.807) is 6.08 Å². The topological polar surface area (TPSA) is 17.1 Å². The first kappa shape index (κ1) is 14.0. The van der Waals surface area contributed by atoms with Crippen molar-refractivity contribution in [2.45, 2.75) is 25.7 Å². The Labute approximate surface area is 109 Å². The van der Waals surface area contributed by atoms with Crippen LogP contribution in [-0.4, -0.2) is 5.78 Å². The van der Waals surface area contributed by atoms with Crippen LogP contribution in [0.3, 0.4) is 0 Å². The lowest BCUT2D eigenvalue weighted by Crippen LogP contribution is -1.88. The SMILES string of the molecule is C=CCC(=O)C#CCCC/C=C/c1ccccc1. The Balaban J connectivity index is 2.17. The van der Waals surface area contributed by atoms with Crippen LogP contribution in [0.4, 0.5) is 0 Å². The van der Waals surface area contributed by atoms with Crippen LogP contribution in [0.2, 0.25) is 0 Å². The second-order valence-electron chi connectivity index (χ2n) is 3.92. The maximum atomic E-state index is 11.1. The largest absolute Gasteiger partial charge is 0.285 e. The maximum Gasteiger partial charge on any atom is 0.209 e. The first-order valence-corrected chi connectivity index (χ1v) is 6.17. The summed E-state index contributed by atoms with van der Waals surface area (Å²) in [7, 11) is 0. The second kappa shape index (κ2) is 9.01. The number of hydrogen-bond acceptors (Lipinski definition) is 1. The number of carbonyl (C=O) groups is 1. The Hall–Kier alpha value is -2.07. The van der Waals surface area contributed by atoms with E-state index in [0.717, 1.165) is 19.3 Å². The highest BCUT2D eigenvalue weighted by atomic mass is 16.1. The van der Waals surface area contributed by atoms with Crippen molar-refractivity contribution in [3.8, 4) is 11.8 Å². The summed E-state index contributed by atoms with van der Waals surface area (Å²) < 4.78 is 0. The predicted molar refractivity (Wildman–Crippen MR) is 76.9 cm³/mol. The minimum Gasteiger partial charge on any atom is -0.285 e. The van der Waals surface area contributed by atoms with Gasteiger partial charge in [-0.05, 0) is 24.3 Å². The Kier molecular flexibility index (Phi) is 7.01. The van der Waals surface area contributed by atoms with Crippen molar-refractivity contribution in [3.63, 3.8) is 0 Å². The van der Waals surface area contributed by atoms with Crippen molar-refractivity contribution in [2.75, 3.05) is 0 Å². The molecule has 0 N–H and O–H groups in total. The molecule has 92 valence electrons. The van der Waals surface area contributed by atoms with Gasteiger partial charge in [0.15, 0.2) is 0 Å². The van der Waals surface area contributed by atoms with Crippen molar-refractivity contribution in [3.05, 3.63) is 54.6 Å². The molecule has 1 heteroatoms. The highest BCUT2D eigenvalue weighted by Crippen LogP contribution is 2.03. The van der Waals surface area contributed by atoms with E-state index in [0.29, 0.717) is 6.42 Å². The predicted octanol–water partition coefficient (Wildman–Crippen LogP) is 4.02. The summed E-state index contributed by atoms with van der Waals surface area (Å²) in [4.78, 5) is 11.1. The first-order chi connectivity index (χ1) is 8.83. The van der Waals surface area contributed by atoms with Gasteiger partial charge in [0.1, 0.15) is 0 Å². The third-order valence-electron chi connectivity index (χ3n) is 2.34. The lowest BCUT2D eigenvalue weighted by atomic mass is 10.1. The Bertz CT molecular complexity index is 457. The molecular formula is C17H18O. The molecule has 0 fully saturated rings. The smallest absolute Gasteiger partial charge is 0.209 e. The number of rotatable bonds is 6. The second-order valence-corrected chi connectivity index (χ2v) is 3.92. The highest BCUT2D eigenvalue weighted by Gasteiger charge is 1.89. The fourth-order valence-electron chi connectivity index (χ4n) is 1.44. The lowest BCUT2D eigenvalue weighted by molar-refractivity contribution is -0.113. The van der Waals surface area contributed by atoms with Gasteiger partial charge in [0.2, 0.25) is 5.78 Å². The van der Waals surface area contributed by atoms with Gasteiger partial charge >= 0.3 is 0 Å². The number of hydrogen-bond donors (Lipinski definition) is 0. The van der Waals surface area contributed by atoms with Crippen molar-refractivity contribution in [2.24, 2.45) is 0 Å². The van der Waals surface area contributed by atoms with Crippen LogP contribution in [0, 0.1) is 11.8 Å². The normalized spacial score (nSPS) is 9.78. The lowest BCUT2D eigenvalue weighted by Gasteiger charge is -1.91. The van der Waals surface area contributed by atoms with Crippen LogP contribution < -0.4 is 0 Å². The van der Waals surface area contributed by atoms with Crippen molar-refractivity contribution in [1.82, 2.24) is 0 Å². The van der Waals surface area contributed by atoms with Crippen LogP contribution in [0.25, 0.3) is 6.08 Å². The summed E-state index contributed by atoms with van der Waals surface area (Å²) in [6, 6.07) is 10.2. The minimum absolute atomic E-state index is 0.0511. The molecule has 0 saturated carbocycles. The first-order valence-electron chi connectivity index (χ1n) is 6.17. The summed E-state index contributed by atoms with van der Waals surface area (Å²) in [6.07, 6.45) is 8.92. The molecule has 0 saturated heterocycles. The fourth-order valence-corrected chi connectivity index (χ4v) is 1.44. The van der Waals surface area contributed by atoms with Gasteiger partial charge < -0.3 is 0 Å². The van der Waals surface area contributed by atoms with E-state index < -0.39 is 0 Å². The van der Waals surface area contributed by atoms with E-state index in [-0.39, 0.29) is 5.78 Å². The van der Waals surface area contributed by atoms with Gasteiger partial charge in [-0.2, -0.15) is 0 Å². The monoisotopic (exact) mass is 238 g/mol. The number of benzene rings is 1. The summed E-state index contributed by atoms with van der Waals surface area (Å²) in [5.74, 6) is 5.44. The molecule has 1 nitrogen and oxygen atoms in total. The molecule has 0 heterocycles. The van der Waals surface area contributed by atoms with Gasteiger partial charge in [0.25, 0.3) is 0 Å². The van der Waals surface area contributed by atoms with E-state index in [1.165, 1.54) is 5.56 Å². The molecule has 0 unspecified atom stereocenters. The number of allylic oxidation sites excluding steroid dienone is 2.